The van der Waals surface area contributed by atoms with Crippen LogP contribution in [-0.4, -0.2) is 141 Å². The highest BCUT2D eigenvalue weighted by molar-refractivity contribution is 6.08. The molecule has 2 aromatic rings. The first-order chi connectivity index (χ1) is 28.1. The van der Waals surface area contributed by atoms with E-state index in [1.165, 1.54) is 18.9 Å². The Morgan fingerprint density at radius 3 is 2.37 bits per heavy atom. The Morgan fingerprint density at radius 1 is 1.05 bits per heavy atom. The van der Waals surface area contributed by atoms with E-state index >= 15 is 4.39 Å². The SMILES string of the molecule is CCC1OC(=O)[C@@](C)(F)C(=O)[C@@H](C)[C@@H](O[C@H]2O[C@H](C)C[C@H](N(C)C)[C@H]2O)[C@@](C)(OC)C[C@@H](C)C(=O)[C@H](C)[C@H]2N(CCCCn3cc(-c4cccc(N)c4)nn3)C(=O)O[C@]12C. The molecule has 3 N–H and O–H groups in total. The fourth-order valence-corrected chi connectivity index (χ4v) is 9.51. The Labute approximate surface area is 352 Å². The van der Waals surface area contributed by atoms with Gasteiger partial charge in [-0.1, -0.05) is 45.0 Å². The highest BCUT2D eigenvalue weighted by Crippen LogP contribution is 2.44. The van der Waals surface area contributed by atoms with Crippen LogP contribution in [0.1, 0.15) is 87.5 Å². The number of benzene rings is 1. The van der Waals surface area contributed by atoms with Gasteiger partial charge >= 0.3 is 12.1 Å². The zero-order valence-electron chi connectivity index (χ0n) is 36.9. The standard InChI is InChI=1S/C43H65FN6O10/c1-12-32-43(8)35(50(40(55)60-43)19-14-13-18-49-23-30(46-47-49)28-16-15-17-29(45)21-28)26(4)33(51)24(2)22-41(6,56-11)37(27(5)36(53)42(7,44)39(54)58-32)59-38-34(52)31(48(9)10)20-25(3)57-38/h15-17,21,23-27,31-32,34-35,37-38,52H,12-14,18-20,22,45H2,1-11H3/t24-,25-,26+,27-,31+,32?,34-,35-,37-,38-,41+,42+,43-/m1/s1. The highest BCUT2D eigenvalue weighted by Gasteiger charge is 2.61. The average Bonchev–Trinajstić information content (AvgIpc) is 3.78. The van der Waals surface area contributed by atoms with E-state index in [4.69, 9.17) is 29.4 Å². The van der Waals surface area contributed by atoms with Crippen molar-refractivity contribution < 1.29 is 52.4 Å². The van der Waals surface area contributed by atoms with Crippen LogP contribution in [0.3, 0.4) is 0 Å². The predicted octanol–water partition coefficient (Wildman–Crippen LogP) is 4.60. The average molecular weight is 845 g/mol. The molecule has 1 amide bonds. The number of cyclic esters (lactones) is 1. The van der Waals surface area contributed by atoms with E-state index in [9.17, 15) is 24.3 Å². The molecule has 1 aromatic carbocycles. The fourth-order valence-electron chi connectivity index (χ4n) is 9.51. The summed E-state index contributed by atoms with van der Waals surface area (Å²) in [6.45, 7) is 13.1. The van der Waals surface area contributed by atoms with Crippen molar-refractivity contribution in [2.45, 2.75) is 154 Å². The number of carbonyl (C=O) groups excluding carboxylic acids is 4. The van der Waals surface area contributed by atoms with Gasteiger partial charge < -0.3 is 44.3 Å². The molecule has 5 rings (SSSR count). The lowest BCUT2D eigenvalue weighted by Gasteiger charge is -2.47. The minimum absolute atomic E-state index is 0.0111. The number of esters is 1. The number of methoxy groups -OCH3 is 1. The molecule has 1 unspecified atom stereocenters. The molecule has 17 heteroatoms. The van der Waals surface area contributed by atoms with Crippen LogP contribution in [0.15, 0.2) is 30.5 Å². The maximum absolute atomic E-state index is 16.9. The van der Waals surface area contributed by atoms with Crippen LogP contribution < -0.4 is 5.73 Å². The topological polar surface area (TPSA) is 198 Å². The number of Topliss-reactive ketones (excluding diaryl/α,β-unsaturated/α-hetero) is 2. The Hall–Kier alpha value is -4.03. The van der Waals surface area contributed by atoms with E-state index in [0.29, 0.717) is 37.2 Å². The molecule has 0 spiro atoms. The fraction of sp³-hybridized carbons (Fsp3) is 0.721. The molecule has 3 aliphatic rings. The van der Waals surface area contributed by atoms with Crippen LogP contribution in [0, 0.1) is 17.8 Å². The van der Waals surface area contributed by atoms with E-state index in [2.05, 4.69) is 10.3 Å². The highest BCUT2D eigenvalue weighted by atomic mass is 19.1. The van der Waals surface area contributed by atoms with Crippen molar-refractivity contribution >= 4 is 29.3 Å². The van der Waals surface area contributed by atoms with Crippen molar-refractivity contribution in [2.24, 2.45) is 17.8 Å². The zero-order chi connectivity index (χ0) is 44.5. The zero-order valence-corrected chi connectivity index (χ0v) is 36.9. The van der Waals surface area contributed by atoms with Crippen molar-refractivity contribution in [3.05, 3.63) is 30.5 Å². The van der Waals surface area contributed by atoms with Gasteiger partial charge in [0.2, 0.25) is 0 Å². The van der Waals surface area contributed by atoms with Crippen molar-refractivity contribution in [3.63, 3.8) is 0 Å². The lowest BCUT2D eigenvalue weighted by molar-refractivity contribution is -0.295. The number of anilines is 1. The van der Waals surface area contributed by atoms with Crippen molar-refractivity contribution in [2.75, 3.05) is 33.5 Å². The number of hydrogen-bond donors (Lipinski definition) is 2. The lowest BCUT2D eigenvalue weighted by atomic mass is 9.73. The van der Waals surface area contributed by atoms with Gasteiger partial charge in [0.15, 0.2) is 17.7 Å². The van der Waals surface area contributed by atoms with Crippen LogP contribution in [0.25, 0.3) is 11.3 Å². The number of likely N-dealkylation sites (N-methyl/N-ethyl adjacent to an activating group) is 1. The van der Waals surface area contributed by atoms with Crippen LogP contribution in [-0.2, 0) is 44.6 Å². The number of aliphatic hydroxyl groups excluding tert-OH is 1. The van der Waals surface area contributed by atoms with Gasteiger partial charge in [-0.15, -0.1) is 5.10 Å². The Kier molecular flexibility index (Phi) is 14.5. The normalized spacial score (nSPS) is 37.1. The van der Waals surface area contributed by atoms with E-state index in [1.54, 1.807) is 45.4 Å². The van der Waals surface area contributed by atoms with Crippen LogP contribution in [0.5, 0.6) is 0 Å². The summed E-state index contributed by atoms with van der Waals surface area (Å²) in [6, 6.07) is 6.02. The number of amides is 1. The van der Waals surface area contributed by atoms with Gasteiger partial charge in [-0.2, -0.15) is 0 Å². The number of rotatable bonds is 11. The summed E-state index contributed by atoms with van der Waals surface area (Å²) in [7, 11) is 5.04. The molecule has 3 fully saturated rings. The third-order valence-corrected chi connectivity index (χ3v) is 12.9. The number of nitrogen functional groups attached to an aromatic ring is 1. The van der Waals surface area contributed by atoms with Crippen molar-refractivity contribution in [3.8, 4) is 11.3 Å². The summed E-state index contributed by atoms with van der Waals surface area (Å²) in [5, 5.41) is 19.9. The smallest absolute Gasteiger partial charge is 0.410 e. The monoisotopic (exact) mass is 844 g/mol. The summed E-state index contributed by atoms with van der Waals surface area (Å²) >= 11 is 0. The second-order valence-electron chi connectivity index (χ2n) is 17.8. The number of hydrogen-bond acceptors (Lipinski definition) is 14. The van der Waals surface area contributed by atoms with Gasteiger partial charge in [-0.25, -0.2) is 14.0 Å². The molecule has 0 saturated carbocycles. The molecule has 0 aliphatic carbocycles. The number of ketones is 2. The van der Waals surface area contributed by atoms with Gasteiger partial charge in [0.05, 0.1) is 30.0 Å². The molecule has 60 heavy (non-hydrogen) atoms. The second kappa shape index (κ2) is 18.5. The quantitative estimate of drug-likeness (QED) is 0.138. The molecule has 3 aliphatic heterocycles. The molecule has 3 saturated heterocycles. The summed E-state index contributed by atoms with van der Waals surface area (Å²) in [4.78, 5) is 60.1. The molecule has 4 heterocycles. The van der Waals surface area contributed by atoms with Crippen LogP contribution in [0.2, 0.25) is 0 Å². The second-order valence-corrected chi connectivity index (χ2v) is 17.8. The lowest BCUT2D eigenvalue weighted by Crippen LogP contribution is -2.61. The molecular formula is C43H65FN6O10. The largest absolute Gasteiger partial charge is 0.455 e. The summed E-state index contributed by atoms with van der Waals surface area (Å²) in [5.41, 5.74) is 1.80. The molecule has 13 atom stereocenters. The number of halogens is 1. The number of aryl methyl sites for hydroxylation is 1. The van der Waals surface area contributed by atoms with Gasteiger partial charge in [0.25, 0.3) is 5.67 Å². The Morgan fingerprint density at radius 2 is 1.73 bits per heavy atom. The Bertz CT molecular complexity index is 1860. The van der Waals surface area contributed by atoms with Gasteiger partial charge in [0, 0.05) is 55.2 Å². The molecule has 0 bridgehead atoms. The maximum atomic E-state index is 16.9. The first-order valence-corrected chi connectivity index (χ1v) is 21.0. The minimum Gasteiger partial charge on any atom is -0.455 e. The van der Waals surface area contributed by atoms with E-state index < -0.39 is 83.1 Å². The van der Waals surface area contributed by atoms with Gasteiger partial charge in [-0.05, 0) is 86.0 Å². The number of aliphatic hydroxyl groups is 1. The number of fused-ring (bicyclic) bond motifs is 1. The van der Waals surface area contributed by atoms with Crippen LogP contribution in [0.4, 0.5) is 14.9 Å². The van der Waals surface area contributed by atoms with Gasteiger partial charge in [0.1, 0.15) is 23.7 Å². The Balaban J connectivity index is 1.45. The number of alkyl halides is 1. The number of nitrogens with zero attached hydrogens (tertiary/aromatic N) is 5. The summed E-state index contributed by atoms with van der Waals surface area (Å²) in [5.74, 6) is -5.85. The van der Waals surface area contributed by atoms with Gasteiger partial charge in [-0.3, -0.25) is 14.3 Å². The third kappa shape index (κ3) is 9.39. The van der Waals surface area contributed by atoms with Crippen molar-refractivity contribution in [1.82, 2.24) is 24.8 Å². The van der Waals surface area contributed by atoms with E-state index in [0.717, 1.165) is 12.5 Å². The number of unbranched alkanes of at least 4 members (excludes halogenated alkanes) is 1. The van der Waals surface area contributed by atoms with Crippen LogP contribution >= 0.6 is 0 Å². The van der Waals surface area contributed by atoms with E-state index in [1.807, 2.05) is 50.3 Å². The first kappa shape index (κ1) is 47.0. The molecule has 334 valence electrons. The molecular weight excluding hydrogens is 780 g/mol. The summed E-state index contributed by atoms with van der Waals surface area (Å²) in [6.07, 6.45) is -2.57. The predicted molar refractivity (Wildman–Crippen MR) is 219 cm³/mol. The number of aromatic nitrogens is 3. The number of carbonyl (C=O) groups is 4. The molecule has 1 aromatic heterocycles. The number of nitrogens with two attached hydrogens (primary N) is 1. The van der Waals surface area contributed by atoms with E-state index in [-0.39, 0.29) is 37.3 Å². The first-order valence-electron chi connectivity index (χ1n) is 21.0. The summed E-state index contributed by atoms with van der Waals surface area (Å²) < 4.78 is 49.2. The number of ether oxygens (including phenoxy) is 5. The maximum Gasteiger partial charge on any atom is 0.410 e. The molecule has 16 nitrogen and oxygen atoms in total. The molecule has 0 radical (unpaired) electrons. The van der Waals surface area contributed by atoms with Crippen molar-refractivity contribution in [1.29, 1.82) is 0 Å². The third-order valence-electron chi connectivity index (χ3n) is 12.9. The minimum atomic E-state index is -3.19.